The lowest BCUT2D eigenvalue weighted by atomic mass is 9.35. The van der Waals surface area contributed by atoms with E-state index < -0.39 is 141 Å². The second-order valence-corrected chi connectivity index (χ2v) is 23.0. The molecule has 20 nitrogen and oxygen atoms in total. The maximum absolute atomic E-state index is 14.3. The fourth-order valence-corrected chi connectivity index (χ4v) is 14.6. The zero-order valence-electron chi connectivity index (χ0n) is 40.6. The van der Waals surface area contributed by atoms with Gasteiger partial charge in [0.15, 0.2) is 25.2 Å². The molecule has 0 amide bonds. The lowest BCUT2D eigenvalue weighted by Gasteiger charge is -2.69. The number of ether oxygens (including phenoxy) is 8. The van der Waals surface area contributed by atoms with Crippen LogP contribution in [0.25, 0.3) is 0 Å². The summed E-state index contributed by atoms with van der Waals surface area (Å²) in [4.78, 5) is 27.2. The standard InChI is InChI=1S/C48H78O20/c1-18(49)22-10-14-48(9)28(22)23(50)16-26-46(7)13-12-27(45(5,6)25(46)11-15-47(26,48)8)66-44-40(68-43-38(60)35(57)31(53)21(4)64-43)39(67-42-37(59)34(56)30(52)20(3)63-42)32(54)24(65-44)17-61-41-36(58)33(55)29(51)19(2)62-41/h19-22,24-44,51-60H,10-17H2,1-9H3/t19-,20-,21-,22+,24+,25-,26+,27-,28-,29-,30-,31-,32-,33+,34+,35+,36+,37+,38+,39-,40+,41+,42-,43-,44-,46-,47+,48+/m0/s1. The van der Waals surface area contributed by atoms with E-state index >= 15 is 0 Å². The molecule has 4 saturated heterocycles. The Labute approximate surface area is 397 Å². The van der Waals surface area contributed by atoms with E-state index in [1.165, 1.54) is 20.8 Å². The van der Waals surface area contributed by atoms with Gasteiger partial charge in [0, 0.05) is 18.3 Å². The Balaban J connectivity index is 1.12. The van der Waals surface area contributed by atoms with Gasteiger partial charge in [0.05, 0.1) is 31.0 Å². The molecule has 68 heavy (non-hydrogen) atoms. The number of carbonyl (C=O) groups is 2. The lowest BCUT2D eigenvalue weighted by Crippen LogP contribution is -2.68. The van der Waals surface area contributed by atoms with Crippen molar-refractivity contribution in [1.29, 1.82) is 0 Å². The quantitative estimate of drug-likeness (QED) is 0.120. The van der Waals surface area contributed by atoms with Crippen molar-refractivity contribution in [3.8, 4) is 0 Å². The van der Waals surface area contributed by atoms with E-state index in [0.29, 0.717) is 25.7 Å². The van der Waals surface area contributed by atoms with Gasteiger partial charge in [0.1, 0.15) is 90.9 Å². The minimum Gasteiger partial charge on any atom is -0.388 e. The van der Waals surface area contributed by atoms with Crippen LogP contribution in [0.1, 0.15) is 107 Å². The molecule has 0 radical (unpaired) electrons. The molecule has 0 spiro atoms. The van der Waals surface area contributed by atoms with Crippen molar-refractivity contribution >= 4 is 11.6 Å². The number of aliphatic hydroxyl groups is 10. The molecular formula is C48H78O20. The molecule has 4 aliphatic heterocycles. The van der Waals surface area contributed by atoms with Crippen molar-refractivity contribution in [2.45, 2.75) is 236 Å². The Bertz CT molecular complexity index is 1820. The van der Waals surface area contributed by atoms with Crippen LogP contribution in [-0.4, -0.2) is 198 Å². The molecule has 390 valence electrons. The molecule has 0 bridgehead atoms. The molecule has 10 N–H and O–H groups in total. The van der Waals surface area contributed by atoms with Crippen LogP contribution < -0.4 is 0 Å². The van der Waals surface area contributed by atoms with E-state index in [2.05, 4.69) is 34.6 Å². The van der Waals surface area contributed by atoms with Gasteiger partial charge in [-0.05, 0) is 99.7 Å². The second-order valence-electron chi connectivity index (χ2n) is 23.0. The predicted octanol–water partition coefficient (Wildman–Crippen LogP) is -0.820. The van der Waals surface area contributed by atoms with Crippen LogP contribution in [0.5, 0.6) is 0 Å². The minimum atomic E-state index is -1.85. The first-order valence-corrected chi connectivity index (χ1v) is 24.7. The summed E-state index contributed by atoms with van der Waals surface area (Å²) < 4.78 is 49.7. The van der Waals surface area contributed by atoms with Crippen LogP contribution >= 0.6 is 0 Å². The topological polar surface area (TPSA) is 310 Å². The Morgan fingerprint density at radius 2 is 1.06 bits per heavy atom. The van der Waals surface area contributed by atoms with Gasteiger partial charge in [-0.2, -0.15) is 0 Å². The summed E-state index contributed by atoms with van der Waals surface area (Å²) >= 11 is 0. The highest BCUT2D eigenvalue weighted by Crippen LogP contribution is 2.74. The number of rotatable bonds is 10. The molecule has 28 atom stereocenters. The van der Waals surface area contributed by atoms with Crippen LogP contribution in [0.3, 0.4) is 0 Å². The van der Waals surface area contributed by atoms with Crippen LogP contribution in [0, 0.1) is 45.3 Å². The SMILES string of the molecule is CC(=O)[C@H]1CC[C@]2(C)[C@@H]1C(=O)C[C@@H]1[C@@]3(C)CC[C@H](O[C@@H]4O[C@H](CO[C@@H]5O[C@@H](C)[C@H](O)[C@@H](O)[C@H]5O)[C@H](O)[C@H](O[C@@H]5O[C@@H](C)[C@H](O)[C@@H](O)[C@H]5O)[C@H]4O[C@@H]4O[C@@H](C)[C@H](O)[C@@H](O)[C@H]4O)C(C)(C)[C@@H]3CC[C@]12C. The van der Waals surface area contributed by atoms with E-state index in [9.17, 15) is 60.7 Å². The Kier molecular flexibility index (Phi) is 14.9. The van der Waals surface area contributed by atoms with E-state index in [1.54, 1.807) is 6.92 Å². The average molecular weight is 975 g/mol. The van der Waals surface area contributed by atoms with E-state index in [-0.39, 0.29) is 51.5 Å². The predicted molar refractivity (Wildman–Crippen MR) is 232 cm³/mol. The van der Waals surface area contributed by atoms with Crippen LogP contribution in [0.15, 0.2) is 0 Å². The molecule has 4 heterocycles. The fraction of sp³-hybridized carbons (Fsp3) is 0.958. The summed E-state index contributed by atoms with van der Waals surface area (Å²) in [5, 5.41) is 109. The summed E-state index contributed by atoms with van der Waals surface area (Å²) in [6.45, 7) is 16.5. The first kappa shape index (κ1) is 52.9. The molecule has 0 aromatic carbocycles. The summed E-state index contributed by atoms with van der Waals surface area (Å²) in [6.07, 6.45) is -26.9. The zero-order chi connectivity index (χ0) is 49.9. The third-order valence-electron chi connectivity index (χ3n) is 19.0. The number of Topliss-reactive ketones (excluding diaryl/α,β-unsaturated/α-hetero) is 2. The number of carbonyl (C=O) groups excluding carboxylic acids is 2. The zero-order valence-corrected chi connectivity index (χ0v) is 40.6. The van der Waals surface area contributed by atoms with E-state index in [0.717, 1.165) is 19.3 Å². The molecule has 0 aromatic rings. The van der Waals surface area contributed by atoms with E-state index in [1.807, 2.05) is 0 Å². The molecule has 8 aliphatic rings. The fourth-order valence-electron chi connectivity index (χ4n) is 14.6. The molecule has 8 rings (SSSR count). The molecule has 4 aliphatic carbocycles. The number of aliphatic hydroxyl groups excluding tert-OH is 10. The Morgan fingerprint density at radius 1 is 0.559 bits per heavy atom. The molecular weight excluding hydrogens is 897 g/mol. The van der Waals surface area contributed by atoms with E-state index in [4.69, 9.17) is 37.9 Å². The van der Waals surface area contributed by atoms with Crippen molar-refractivity contribution in [2.75, 3.05) is 6.61 Å². The third kappa shape index (κ3) is 8.58. The van der Waals surface area contributed by atoms with Crippen molar-refractivity contribution in [2.24, 2.45) is 45.3 Å². The average Bonchev–Trinajstić information content (AvgIpc) is 3.67. The Hall–Kier alpha value is -1.38. The van der Waals surface area contributed by atoms with Crippen LogP contribution in [0.2, 0.25) is 0 Å². The van der Waals surface area contributed by atoms with Gasteiger partial charge >= 0.3 is 0 Å². The number of hydrogen-bond acceptors (Lipinski definition) is 20. The van der Waals surface area contributed by atoms with Crippen LogP contribution in [0.4, 0.5) is 0 Å². The van der Waals surface area contributed by atoms with Gasteiger partial charge in [-0.1, -0.05) is 34.6 Å². The number of fused-ring (bicyclic) bond motifs is 5. The highest BCUT2D eigenvalue weighted by molar-refractivity contribution is 5.91. The summed E-state index contributed by atoms with van der Waals surface area (Å²) in [5.41, 5.74) is -1.50. The lowest BCUT2D eigenvalue weighted by molar-refractivity contribution is -0.400. The molecule has 20 heteroatoms. The minimum absolute atomic E-state index is 0.0133. The van der Waals surface area contributed by atoms with Gasteiger partial charge in [-0.15, -0.1) is 0 Å². The largest absolute Gasteiger partial charge is 0.388 e. The third-order valence-corrected chi connectivity index (χ3v) is 19.0. The normalized spacial score (nSPS) is 56.0. The second kappa shape index (κ2) is 19.1. The molecule has 8 fully saturated rings. The number of ketones is 2. The molecule has 0 unspecified atom stereocenters. The van der Waals surface area contributed by atoms with Gasteiger partial charge in [-0.3, -0.25) is 9.59 Å². The maximum Gasteiger partial charge on any atom is 0.187 e. The monoisotopic (exact) mass is 975 g/mol. The van der Waals surface area contributed by atoms with Crippen molar-refractivity contribution < 1.29 is 98.5 Å². The Morgan fingerprint density at radius 3 is 1.60 bits per heavy atom. The maximum atomic E-state index is 14.3. The van der Waals surface area contributed by atoms with Gasteiger partial charge in [0.2, 0.25) is 0 Å². The highest BCUT2D eigenvalue weighted by Gasteiger charge is 2.71. The van der Waals surface area contributed by atoms with Crippen molar-refractivity contribution in [3.05, 3.63) is 0 Å². The highest BCUT2D eigenvalue weighted by atomic mass is 16.8. The van der Waals surface area contributed by atoms with Gasteiger partial charge in [0.25, 0.3) is 0 Å². The van der Waals surface area contributed by atoms with Crippen molar-refractivity contribution in [3.63, 3.8) is 0 Å². The molecule has 0 aromatic heterocycles. The smallest absolute Gasteiger partial charge is 0.187 e. The first-order valence-electron chi connectivity index (χ1n) is 24.7. The summed E-state index contributed by atoms with van der Waals surface area (Å²) in [6, 6.07) is 0. The van der Waals surface area contributed by atoms with Crippen molar-refractivity contribution in [1.82, 2.24) is 0 Å². The van der Waals surface area contributed by atoms with Crippen LogP contribution in [-0.2, 0) is 47.5 Å². The first-order chi connectivity index (χ1) is 31.7. The summed E-state index contributed by atoms with van der Waals surface area (Å²) in [5.74, 6) is -0.302. The summed E-state index contributed by atoms with van der Waals surface area (Å²) in [7, 11) is 0. The molecule has 4 saturated carbocycles. The van der Waals surface area contributed by atoms with Gasteiger partial charge < -0.3 is 89.0 Å². The number of hydrogen-bond donors (Lipinski definition) is 10. The van der Waals surface area contributed by atoms with Gasteiger partial charge in [-0.25, -0.2) is 0 Å².